The molecule has 0 aliphatic carbocycles. The van der Waals surface area contributed by atoms with Crippen LogP contribution in [0, 0.1) is 5.92 Å². The molecule has 1 saturated heterocycles. The van der Waals surface area contributed by atoms with E-state index in [0.29, 0.717) is 43.3 Å². The van der Waals surface area contributed by atoms with Gasteiger partial charge in [0.15, 0.2) is 11.0 Å². The third-order valence-corrected chi connectivity index (χ3v) is 7.05. The molecule has 0 spiro atoms. The number of likely N-dealkylation sites (tertiary alicyclic amines) is 1. The van der Waals surface area contributed by atoms with E-state index in [0.717, 1.165) is 35.9 Å². The van der Waals surface area contributed by atoms with Crippen molar-refractivity contribution < 1.29 is 14.3 Å². The number of unbranched alkanes of at least 4 members (excludes halogenated alkanes) is 3. The predicted molar refractivity (Wildman–Crippen MR) is 131 cm³/mol. The maximum atomic E-state index is 12.8. The molecule has 0 atom stereocenters. The fourth-order valence-corrected chi connectivity index (χ4v) is 4.94. The average molecular weight is 493 g/mol. The molecule has 0 bridgehead atoms. The zero-order chi connectivity index (χ0) is 23.6. The number of esters is 1. The van der Waals surface area contributed by atoms with E-state index < -0.39 is 0 Å². The lowest BCUT2D eigenvalue weighted by Crippen LogP contribution is -2.41. The van der Waals surface area contributed by atoms with Crippen LogP contribution in [0.25, 0.3) is 11.4 Å². The number of halogens is 1. The van der Waals surface area contributed by atoms with Gasteiger partial charge in [-0.25, -0.2) is 0 Å². The number of thioether (sulfide) groups is 1. The lowest BCUT2D eigenvalue weighted by Gasteiger charge is -2.30. The van der Waals surface area contributed by atoms with Gasteiger partial charge in [-0.3, -0.25) is 9.59 Å². The second-order valence-electron chi connectivity index (χ2n) is 8.22. The van der Waals surface area contributed by atoms with E-state index in [1.165, 1.54) is 24.6 Å². The van der Waals surface area contributed by atoms with Crippen molar-refractivity contribution in [1.82, 2.24) is 19.7 Å². The maximum Gasteiger partial charge on any atom is 0.309 e. The summed E-state index contributed by atoms with van der Waals surface area (Å²) in [6, 6.07) is 7.59. The van der Waals surface area contributed by atoms with Gasteiger partial charge in [0.05, 0.1) is 18.3 Å². The Morgan fingerprint density at radius 1 is 1.09 bits per heavy atom. The largest absolute Gasteiger partial charge is 0.466 e. The van der Waals surface area contributed by atoms with Gasteiger partial charge < -0.3 is 14.2 Å². The van der Waals surface area contributed by atoms with Crippen LogP contribution in [0.4, 0.5) is 0 Å². The molecule has 0 saturated carbocycles. The number of nitrogens with zero attached hydrogens (tertiary/aromatic N) is 4. The van der Waals surface area contributed by atoms with Crippen LogP contribution in [-0.2, 0) is 20.9 Å². The SMILES string of the molecule is CCCCCCn1c(SCC(=O)N2CCC(C(=O)OCC)CC2)nnc1-c1ccc(Cl)cc1. The number of rotatable bonds is 11. The normalized spacial score (nSPS) is 14.5. The highest BCUT2D eigenvalue weighted by atomic mass is 35.5. The van der Waals surface area contributed by atoms with E-state index in [1.54, 1.807) is 0 Å². The van der Waals surface area contributed by atoms with Crippen molar-refractivity contribution in [2.45, 2.75) is 64.1 Å². The number of piperidine rings is 1. The summed E-state index contributed by atoms with van der Waals surface area (Å²) < 4.78 is 7.23. The summed E-state index contributed by atoms with van der Waals surface area (Å²) in [7, 11) is 0. The number of benzene rings is 1. The first-order valence-corrected chi connectivity index (χ1v) is 13.2. The summed E-state index contributed by atoms with van der Waals surface area (Å²) in [5, 5.41) is 10.3. The van der Waals surface area contributed by atoms with Crippen molar-refractivity contribution in [2.75, 3.05) is 25.4 Å². The minimum atomic E-state index is -0.148. The molecule has 9 heteroatoms. The van der Waals surface area contributed by atoms with Crippen molar-refractivity contribution in [3.05, 3.63) is 29.3 Å². The Morgan fingerprint density at radius 3 is 2.48 bits per heavy atom. The molecule has 1 amide bonds. The van der Waals surface area contributed by atoms with E-state index in [1.807, 2.05) is 36.1 Å². The molecule has 2 heterocycles. The van der Waals surface area contributed by atoms with Gasteiger partial charge in [-0.1, -0.05) is 49.5 Å². The number of carbonyl (C=O) groups excluding carboxylic acids is 2. The molecule has 3 rings (SSSR count). The third kappa shape index (κ3) is 7.21. The Kier molecular flexibility index (Phi) is 10.1. The van der Waals surface area contributed by atoms with Crippen LogP contribution < -0.4 is 0 Å². The Hall–Kier alpha value is -2.06. The summed E-state index contributed by atoms with van der Waals surface area (Å²) in [5.41, 5.74) is 0.960. The summed E-state index contributed by atoms with van der Waals surface area (Å²) in [6.45, 7) is 6.39. The van der Waals surface area contributed by atoms with Crippen LogP contribution in [0.15, 0.2) is 29.4 Å². The molecular weight excluding hydrogens is 460 g/mol. The molecule has 1 aliphatic rings. The molecule has 2 aromatic rings. The summed E-state index contributed by atoms with van der Waals surface area (Å²) in [5.74, 6) is 0.918. The fraction of sp³-hybridized carbons (Fsp3) is 0.583. The van der Waals surface area contributed by atoms with E-state index in [2.05, 4.69) is 21.7 Å². The molecule has 7 nitrogen and oxygen atoms in total. The van der Waals surface area contributed by atoms with Gasteiger partial charge in [0.2, 0.25) is 5.91 Å². The molecule has 0 unspecified atom stereocenters. The molecule has 1 fully saturated rings. The number of amides is 1. The fourth-order valence-electron chi connectivity index (χ4n) is 3.95. The zero-order valence-electron chi connectivity index (χ0n) is 19.5. The summed E-state index contributed by atoms with van der Waals surface area (Å²) >= 11 is 7.48. The summed E-state index contributed by atoms with van der Waals surface area (Å²) in [6.07, 6.45) is 5.87. The van der Waals surface area contributed by atoms with Crippen LogP contribution in [0.5, 0.6) is 0 Å². The third-order valence-electron chi connectivity index (χ3n) is 5.85. The Bertz CT molecular complexity index is 911. The quantitative estimate of drug-likeness (QED) is 0.247. The Labute approximate surface area is 205 Å². The standard InChI is InChI=1S/C24H33ClN4O3S/c1-3-5-6-7-14-29-22(18-8-10-20(25)11-9-18)26-27-24(29)33-17-21(30)28-15-12-19(13-16-28)23(31)32-4-2/h8-11,19H,3-7,12-17H2,1-2H3. The smallest absolute Gasteiger partial charge is 0.309 e. The van der Waals surface area contributed by atoms with Crippen molar-refractivity contribution >= 4 is 35.2 Å². The van der Waals surface area contributed by atoms with E-state index in [9.17, 15) is 9.59 Å². The minimum absolute atomic E-state index is 0.0656. The Balaban J connectivity index is 1.62. The van der Waals surface area contributed by atoms with E-state index >= 15 is 0 Å². The van der Waals surface area contributed by atoms with Crippen LogP contribution in [0.2, 0.25) is 5.02 Å². The Morgan fingerprint density at radius 2 is 1.82 bits per heavy atom. The first-order chi connectivity index (χ1) is 16.0. The van der Waals surface area contributed by atoms with Gasteiger partial charge >= 0.3 is 5.97 Å². The van der Waals surface area contributed by atoms with Gasteiger partial charge in [0.1, 0.15) is 0 Å². The molecule has 1 aliphatic heterocycles. The maximum absolute atomic E-state index is 12.8. The van der Waals surface area contributed by atoms with E-state index in [-0.39, 0.29) is 17.8 Å². The molecule has 0 N–H and O–H groups in total. The molecule has 180 valence electrons. The highest BCUT2D eigenvalue weighted by Crippen LogP contribution is 2.27. The topological polar surface area (TPSA) is 77.3 Å². The van der Waals surface area contributed by atoms with Gasteiger partial charge in [-0.05, 0) is 50.5 Å². The molecule has 1 aromatic heterocycles. The van der Waals surface area contributed by atoms with Gasteiger partial charge in [-0.2, -0.15) is 0 Å². The number of aromatic nitrogens is 3. The molecule has 1 aromatic carbocycles. The van der Waals surface area contributed by atoms with Gasteiger partial charge in [-0.15, -0.1) is 10.2 Å². The molecular formula is C24H33ClN4O3S. The first-order valence-electron chi connectivity index (χ1n) is 11.8. The van der Waals surface area contributed by atoms with Gasteiger partial charge in [0, 0.05) is 30.2 Å². The van der Waals surface area contributed by atoms with Crippen LogP contribution in [-0.4, -0.2) is 57.0 Å². The molecule has 0 radical (unpaired) electrons. The van der Waals surface area contributed by atoms with Crippen LogP contribution in [0.1, 0.15) is 52.4 Å². The highest BCUT2D eigenvalue weighted by Gasteiger charge is 2.28. The monoisotopic (exact) mass is 492 g/mol. The number of ether oxygens (including phenoxy) is 1. The second-order valence-corrected chi connectivity index (χ2v) is 9.60. The zero-order valence-corrected chi connectivity index (χ0v) is 21.0. The lowest BCUT2D eigenvalue weighted by molar-refractivity contribution is -0.151. The van der Waals surface area contributed by atoms with Crippen LogP contribution >= 0.6 is 23.4 Å². The predicted octanol–water partition coefficient (Wildman–Crippen LogP) is 5.07. The summed E-state index contributed by atoms with van der Waals surface area (Å²) in [4.78, 5) is 26.6. The second kappa shape index (κ2) is 13.0. The van der Waals surface area contributed by atoms with Gasteiger partial charge in [0.25, 0.3) is 0 Å². The number of carbonyl (C=O) groups is 2. The van der Waals surface area contributed by atoms with Crippen molar-refractivity contribution in [2.24, 2.45) is 5.92 Å². The van der Waals surface area contributed by atoms with E-state index in [4.69, 9.17) is 16.3 Å². The minimum Gasteiger partial charge on any atom is -0.466 e. The molecule has 33 heavy (non-hydrogen) atoms. The first kappa shape index (κ1) is 25.6. The van der Waals surface area contributed by atoms with Crippen molar-refractivity contribution in [1.29, 1.82) is 0 Å². The lowest BCUT2D eigenvalue weighted by atomic mass is 9.97. The van der Waals surface area contributed by atoms with Crippen molar-refractivity contribution in [3.8, 4) is 11.4 Å². The average Bonchev–Trinajstić information content (AvgIpc) is 3.23. The van der Waals surface area contributed by atoms with Crippen molar-refractivity contribution in [3.63, 3.8) is 0 Å². The van der Waals surface area contributed by atoms with Crippen LogP contribution in [0.3, 0.4) is 0 Å². The number of hydrogen-bond donors (Lipinski definition) is 0. The highest BCUT2D eigenvalue weighted by molar-refractivity contribution is 7.99. The number of hydrogen-bond acceptors (Lipinski definition) is 6.